The summed E-state index contributed by atoms with van der Waals surface area (Å²) in [6.45, 7) is 2.93. The molecule has 1 aromatic rings. The van der Waals surface area contributed by atoms with Crippen molar-refractivity contribution in [1.29, 1.82) is 0 Å². The van der Waals surface area contributed by atoms with Crippen molar-refractivity contribution < 1.29 is 12.9 Å². The summed E-state index contributed by atoms with van der Waals surface area (Å²) in [5.74, 6) is 0. The average molecular weight is 246 g/mol. The molecule has 0 aliphatic rings. The van der Waals surface area contributed by atoms with Crippen LogP contribution in [0, 0.1) is 0 Å². The van der Waals surface area contributed by atoms with Gasteiger partial charge in [-0.2, -0.15) is 0 Å². The Kier molecular flexibility index (Phi) is 6.20. The Morgan fingerprint density at radius 1 is 1.56 bits per heavy atom. The highest BCUT2D eigenvalue weighted by Crippen LogP contribution is 2.01. The summed E-state index contributed by atoms with van der Waals surface area (Å²) in [4.78, 5) is 0. The Labute approximate surface area is 97.5 Å². The van der Waals surface area contributed by atoms with Crippen LogP contribution in [0.2, 0.25) is 0 Å². The molecule has 1 aromatic heterocycles. The maximum atomic E-state index is 10.1. The second kappa shape index (κ2) is 7.48. The van der Waals surface area contributed by atoms with Crippen LogP contribution >= 0.6 is 0 Å². The molecule has 0 fully saturated rings. The Bertz CT molecular complexity index is 330. The van der Waals surface area contributed by atoms with Crippen LogP contribution in [0.25, 0.3) is 0 Å². The third kappa shape index (κ3) is 5.34. The monoisotopic (exact) mass is 246 g/mol. The predicted molar refractivity (Wildman–Crippen MR) is 58.1 cm³/mol. The number of aryl methyl sites for hydroxylation is 2. The van der Waals surface area contributed by atoms with Crippen LogP contribution in [0.3, 0.4) is 0 Å². The van der Waals surface area contributed by atoms with E-state index in [-0.39, 0.29) is 6.61 Å². The smallest absolute Gasteiger partial charge is 0.0842 e. The summed E-state index contributed by atoms with van der Waals surface area (Å²) in [6, 6.07) is 0. The number of rotatable bonds is 8. The topological polar surface area (TPSA) is 80.1 Å². The Hall–Kier alpha value is -0.790. The minimum Gasteiger partial charge on any atom is -0.750 e. The summed E-state index contributed by atoms with van der Waals surface area (Å²) in [5, 5.41) is 7.96. The van der Waals surface area contributed by atoms with Crippen LogP contribution in [0.4, 0.5) is 0 Å². The van der Waals surface area contributed by atoms with E-state index in [1.165, 1.54) is 0 Å². The van der Waals surface area contributed by atoms with Crippen LogP contribution in [-0.2, 0) is 28.5 Å². The normalized spacial score (nSPS) is 12.9. The van der Waals surface area contributed by atoms with Gasteiger partial charge in [0.25, 0.3) is 0 Å². The molecular weight excluding hydrogens is 230 g/mol. The van der Waals surface area contributed by atoms with Crippen molar-refractivity contribution in [3.8, 4) is 0 Å². The Balaban J connectivity index is 2.21. The molecule has 0 amide bonds. The minimum atomic E-state index is -2.42. The first-order valence-corrected chi connectivity index (χ1v) is 6.34. The first-order chi connectivity index (χ1) is 7.72. The fraction of sp³-hybridized carbons (Fsp3) is 0.778. The minimum absolute atomic E-state index is 0.181. The van der Waals surface area contributed by atoms with Crippen molar-refractivity contribution >= 4 is 11.4 Å². The van der Waals surface area contributed by atoms with Crippen LogP contribution in [0.15, 0.2) is 6.20 Å². The van der Waals surface area contributed by atoms with Gasteiger partial charge < -0.3 is 8.74 Å². The molecule has 1 heterocycles. The van der Waals surface area contributed by atoms with Crippen molar-refractivity contribution in [2.75, 3.05) is 6.61 Å². The second-order valence-electron chi connectivity index (χ2n) is 3.46. The molecule has 0 radical (unpaired) electrons. The fourth-order valence-electron chi connectivity index (χ4n) is 1.27. The molecule has 1 atom stereocenters. The van der Waals surface area contributed by atoms with Gasteiger partial charge >= 0.3 is 0 Å². The van der Waals surface area contributed by atoms with E-state index in [2.05, 4.69) is 21.4 Å². The Morgan fingerprint density at radius 2 is 2.38 bits per heavy atom. The first kappa shape index (κ1) is 13.3. The lowest BCUT2D eigenvalue weighted by molar-refractivity contribution is 0.286. The molecule has 6 nitrogen and oxygen atoms in total. The van der Waals surface area contributed by atoms with Gasteiger partial charge in [0.05, 0.1) is 23.7 Å². The van der Waals surface area contributed by atoms with Gasteiger partial charge in [0.2, 0.25) is 0 Å². The molecule has 92 valence electrons. The quantitative estimate of drug-likeness (QED) is 0.501. The van der Waals surface area contributed by atoms with Gasteiger partial charge in [-0.15, -0.1) is 5.10 Å². The molecule has 0 aromatic carbocycles. The van der Waals surface area contributed by atoms with Gasteiger partial charge in [-0.25, -0.2) is 4.21 Å². The van der Waals surface area contributed by atoms with Gasteiger partial charge in [-0.1, -0.05) is 18.6 Å². The summed E-state index contributed by atoms with van der Waals surface area (Å²) in [7, 11) is 0. The Morgan fingerprint density at radius 3 is 3.06 bits per heavy atom. The number of unbranched alkanes of at least 4 members (excludes halogenated alkanes) is 1. The van der Waals surface area contributed by atoms with Gasteiger partial charge in [0.15, 0.2) is 0 Å². The molecule has 7 heteroatoms. The van der Waals surface area contributed by atoms with Gasteiger partial charge in [0.1, 0.15) is 0 Å². The second-order valence-corrected chi connectivity index (χ2v) is 4.10. The van der Waals surface area contributed by atoms with Gasteiger partial charge in [-0.3, -0.25) is 4.68 Å². The lowest BCUT2D eigenvalue weighted by atomic mass is 10.2. The third-order valence-electron chi connectivity index (χ3n) is 2.08. The molecule has 16 heavy (non-hydrogen) atoms. The molecule has 0 aliphatic carbocycles. The zero-order chi connectivity index (χ0) is 11.8. The largest absolute Gasteiger partial charge is 0.750 e. The van der Waals surface area contributed by atoms with Crippen LogP contribution in [-0.4, -0.2) is 30.4 Å². The zero-order valence-electron chi connectivity index (χ0n) is 9.29. The number of hydrogen-bond donors (Lipinski definition) is 0. The predicted octanol–water partition coefficient (Wildman–Crippen LogP) is 0.822. The highest BCUT2D eigenvalue weighted by atomic mass is 32.2. The van der Waals surface area contributed by atoms with Crippen molar-refractivity contribution in [2.24, 2.45) is 0 Å². The molecule has 0 saturated carbocycles. The van der Waals surface area contributed by atoms with Crippen molar-refractivity contribution in [3.05, 3.63) is 11.9 Å². The zero-order valence-corrected chi connectivity index (χ0v) is 10.1. The molecule has 0 bridgehead atoms. The van der Waals surface area contributed by atoms with Crippen molar-refractivity contribution in [1.82, 2.24) is 15.0 Å². The molecule has 1 rings (SSSR count). The molecule has 1 unspecified atom stereocenters. The average Bonchev–Trinajstić information content (AvgIpc) is 2.69. The molecule has 0 spiro atoms. The standard InChI is InChI=1S/C9H17N3O3S/c1-2-3-5-9-8-12(11-10-9)6-4-7-15-16(13)14/h8H,2-7H2,1H3,(H,13,14)/p-1. The first-order valence-electron chi connectivity index (χ1n) is 5.34. The van der Waals surface area contributed by atoms with Crippen LogP contribution in [0.5, 0.6) is 0 Å². The maximum Gasteiger partial charge on any atom is 0.0842 e. The van der Waals surface area contributed by atoms with E-state index in [0.717, 1.165) is 25.0 Å². The van der Waals surface area contributed by atoms with Gasteiger partial charge in [-0.05, 0) is 19.3 Å². The van der Waals surface area contributed by atoms with Crippen LogP contribution < -0.4 is 0 Å². The fourth-order valence-corrected chi connectivity index (χ4v) is 1.53. The number of nitrogens with zero attached hydrogens (tertiary/aromatic N) is 3. The van der Waals surface area contributed by atoms with E-state index in [1.807, 2.05) is 6.20 Å². The number of aromatic nitrogens is 3. The van der Waals surface area contributed by atoms with Crippen molar-refractivity contribution in [2.45, 2.75) is 39.2 Å². The SMILES string of the molecule is CCCCc1cn(CCCOS(=O)[O-])nn1. The highest BCUT2D eigenvalue weighted by Gasteiger charge is 1.99. The summed E-state index contributed by atoms with van der Waals surface area (Å²) < 4.78 is 26.3. The van der Waals surface area contributed by atoms with E-state index < -0.39 is 11.4 Å². The molecule has 0 saturated heterocycles. The summed E-state index contributed by atoms with van der Waals surface area (Å²) >= 11 is -2.42. The summed E-state index contributed by atoms with van der Waals surface area (Å²) in [6.07, 6.45) is 5.68. The van der Waals surface area contributed by atoms with Crippen LogP contribution in [0.1, 0.15) is 31.9 Å². The highest BCUT2D eigenvalue weighted by molar-refractivity contribution is 7.74. The van der Waals surface area contributed by atoms with E-state index in [9.17, 15) is 8.76 Å². The molecule has 0 N–H and O–H groups in total. The number of hydrogen-bond acceptors (Lipinski definition) is 5. The van der Waals surface area contributed by atoms with E-state index in [0.29, 0.717) is 13.0 Å². The summed E-state index contributed by atoms with van der Waals surface area (Å²) in [5.41, 5.74) is 0.982. The lowest BCUT2D eigenvalue weighted by Crippen LogP contribution is -2.04. The van der Waals surface area contributed by atoms with E-state index in [1.54, 1.807) is 4.68 Å². The van der Waals surface area contributed by atoms with Gasteiger partial charge in [0, 0.05) is 12.7 Å². The third-order valence-corrected chi connectivity index (χ3v) is 2.44. The van der Waals surface area contributed by atoms with E-state index in [4.69, 9.17) is 0 Å². The van der Waals surface area contributed by atoms with E-state index >= 15 is 0 Å². The molecular formula is C9H16N3O3S-. The maximum absolute atomic E-state index is 10.1. The molecule has 0 aliphatic heterocycles. The van der Waals surface area contributed by atoms with Crippen molar-refractivity contribution in [3.63, 3.8) is 0 Å². The lowest BCUT2D eigenvalue weighted by Gasteiger charge is -2.04.